The number of nitrogens with two attached hydrogens (primary N) is 1. The van der Waals surface area contributed by atoms with E-state index in [2.05, 4.69) is 28.7 Å². The van der Waals surface area contributed by atoms with Gasteiger partial charge in [-0.05, 0) is 30.0 Å². The molecule has 0 amide bonds. The summed E-state index contributed by atoms with van der Waals surface area (Å²) in [5, 5.41) is 14.1. The Morgan fingerprint density at radius 1 is 1.53 bits per heavy atom. The summed E-state index contributed by atoms with van der Waals surface area (Å²) in [5.74, 6) is 0.567. The van der Waals surface area contributed by atoms with E-state index in [1.54, 1.807) is 23.6 Å². The molecule has 17 heavy (non-hydrogen) atoms. The molecule has 0 spiro atoms. The Hall–Kier alpha value is -2.06. The Balaban J connectivity index is 2.15. The molecule has 0 bridgehead atoms. The van der Waals surface area contributed by atoms with Crippen molar-refractivity contribution in [1.82, 2.24) is 4.98 Å². The number of thiophene rings is 1. The third kappa shape index (κ3) is 2.37. The monoisotopic (exact) mass is 244 g/mol. The molecule has 0 radical (unpaired) electrons. The third-order valence-corrected chi connectivity index (χ3v) is 3.52. The summed E-state index contributed by atoms with van der Waals surface area (Å²) >= 11 is 1.69. The van der Waals surface area contributed by atoms with Gasteiger partial charge in [0.2, 0.25) is 0 Å². The number of pyridine rings is 1. The highest BCUT2D eigenvalue weighted by Gasteiger charge is 2.06. The first-order chi connectivity index (χ1) is 8.22. The van der Waals surface area contributed by atoms with Crippen molar-refractivity contribution in [2.75, 3.05) is 11.1 Å². The molecule has 0 saturated carbocycles. The van der Waals surface area contributed by atoms with Gasteiger partial charge in [0.15, 0.2) is 5.82 Å². The van der Waals surface area contributed by atoms with Crippen LogP contribution in [0.5, 0.6) is 0 Å². The summed E-state index contributed by atoms with van der Waals surface area (Å²) < 4.78 is 0. The molecule has 3 N–H and O–H groups in total. The summed E-state index contributed by atoms with van der Waals surface area (Å²) in [6, 6.07) is 5.72. The number of nitrogen functional groups attached to an aromatic ring is 1. The molecule has 0 fully saturated rings. The van der Waals surface area contributed by atoms with E-state index >= 15 is 0 Å². The Morgan fingerprint density at radius 3 is 3.00 bits per heavy atom. The Labute approximate surface area is 104 Å². The number of nitrogens with one attached hydrogen (secondary N) is 1. The van der Waals surface area contributed by atoms with Crippen molar-refractivity contribution in [3.63, 3.8) is 0 Å². The standard InChI is InChI=1S/C12H12N4S/c1-8-3-5-17-10(8)7-16-12-11(14)9(6-13)2-4-15-12/h2-5H,7,14H2,1H3,(H,15,16). The van der Waals surface area contributed by atoms with Gasteiger partial charge in [0.25, 0.3) is 0 Å². The van der Waals surface area contributed by atoms with Crippen molar-refractivity contribution in [2.24, 2.45) is 0 Å². The fourth-order valence-corrected chi connectivity index (χ4v) is 2.31. The lowest BCUT2D eigenvalue weighted by atomic mass is 10.2. The number of rotatable bonds is 3. The maximum Gasteiger partial charge on any atom is 0.150 e. The Morgan fingerprint density at radius 2 is 2.35 bits per heavy atom. The summed E-state index contributed by atoms with van der Waals surface area (Å²) in [6.07, 6.45) is 1.58. The van der Waals surface area contributed by atoms with Crippen LogP contribution in [-0.2, 0) is 6.54 Å². The normalized spacial score (nSPS) is 9.88. The number of aromatic nitrogens is 1. The topological polar surface area (TPSA) is 74.7 Å². The van der Waals surface area contributed by atoms with Gasteiger partial charge < -0.3 is 11.1 Å². The van der Waals surface area contributed by atoms with Crippen molar-refractivity contribution in [3.05, 3.63) is 39.7 Å². The maximum atomic E-state index is 8.86. The number of hydrogen-bond donors (Lipinski definition) is 2. The predicted molar refractivity (Wildman–Crippen MR) is 69.7 cm³/mol. The zero-order valence-electron chi connectivity index (χ0n) is 9.40. The van der Waals surface area contributed by atoms with Crippen LogP contribution in [0.1, 0.15) is 16.0 Å². The molecular formula is C12H12N4S. The summed E-state index contributed by atoms with van der Waals surface area (Å²) in [6.45, 7) is 2.74. The first kappa shape index (κ1) is 11.4. The van der Waals surface area contributed by atoms with Gasteiger partial charge in [0, 0.05) is 11.1 Å². The maximum absolute atomic E-state index is 8.86. The lowest BCUT2D eigenvalue weighted by Gasteiger charge is -2.08. The first-order valence-electron chi connectivity index (χ1n) is 5.14. The summed E-state index contributed by atoms with van der Waals surface area (Å²) in [7, 11) is 0. The highest BCUT2D eigenvalue weighted by atomic mass is 32.1. The molecule has 0 aromatic carbocycles. The molecule has 2 aromatic heterocycles. The molecule has 86 valence electrons. The largest absolute Gasteiger partial charge is 0.395 e. The molecule has 5 heteroatoms. The van der Waals surface area contributed by atoms with Crippen LogP contribution in [0.3, 0.4) is 0 Å². The Bertz CT molecular complexity index is 568. The molecule has 4 nitrogen and oxygen atoms in total. The van der Waals surface area contributed by atoms with Gasteiger partial charge in [-0.25, -0.2) is 4.98 Å². The number of nitriles is 1. The molecule has 2 heterocycles. The van der Waals surface area contributed by atoms with Crippen LogP contribution < -0.4 is 11.1 Å². The second kappa shape index (κ2) is 4.85. The van der Waals surface area contributed by atoms with Crippen LogP contribution in [0, 0.1) is 18.3 Å². The number of anilines is 2. The first-order valence-corrected chi connectivity index (χ1v) is 6.01. The smallest absolute Gasteiger partial charge is 0.150 e. The minimum atomic E-state index is 0.407. The average molecular weight is 244 g/mol. The van der Waals surface area contributed by atoms with Crippen molar-refractivity contribution in [2.45, 2.75) is 13.5 Å². The van der Waals surface area contributed by atoms with Gasteiger partial charge in [0.05, 0.1) is 17.8 Å². The van der Waals surface area contributed by atoms with Gasteiger partial charge in [0.1, 0.15) is 6.07 Å². The van der Waals surface area contributed by atoms with Gasteiger partial charge in [-0.15, -0.1) is 11.3 Å². The van der Waals surface area contributed by atoms with Crippen LogP contribution in [-0.4, -0.2) is 4.98 Å². The third-order valence-electron chi connectivity index (χ3n) is 2.50. The molecule has 0 aliphatic carbocycles. The number of nitrogens with zero attached hydrogens (tertiary/aromatic N) is 2. The molecular weight excluding hydrogens is 232 g/mol. The molecule has 0 aliphatic rings. The van der Waals surface area contributed by atoms with Crippen LogP contribution in [0.25, 0.3) is 0 Å². The van der Waals surface area contributed by atoms with E-state index in [0.29, 0.717) is 23.6 Å². The van der Waals surface area contributed by atoms with E-state index < -0.39 is 0 Å². The highest BCUT2D eigenvalue weighted by Crippen LogP contribution is 2.21. The second-order valence-corrected chi connectivity index (χ2v) is 4.61. The van der Waals surface area contributed by atoms with E-state index in [1.807, 2.05) is 6.07 Å². The molecule has 2 rings (SSSR count). The van der Waals surface area contributed by atoms with Crippen LogP contribution in [0.2, 0.25) is 0 Å². The summed E-state index contributed by atoms with van der Waals surface area (Å²) in [5.41, 5.74) is 7.93. The van der Waals surface area contributed by atoms with Gasteiger partial charge >= 0.3 is 0 Å². The molecule has 0 unspecified atom stereocenters. The molecule has 0 atom stereocenters. The second-order valence-electron chi connectivity index (χ2n) is 3.61. The molecule has 2 aromatic rings. The van der Waals surface area contributed by atoms with E-state index in [-0.39, 0.29) is 0 Å². The fraction of sp³-hybridized carbons (Fsp3) is 0.167. The van der Waals surface area contributed by atoms with Crippen molar-refractivity contribution in [3.8, 4) is 6.07 Å². The van der Waals surface area contributed by atoms with Crippen molar-refractivity contribution in [1.29, 1.82) is 5.26 Å². The zero-order chi connectivity index (χ0) is 12.3. The van der Waals surface area contributed by atoms with Gasteiger partial charge in [-0.3, -0.25) is 0 Å². The zero-order valence-corrected chi connectivity index (χ0v) is 10.2. The van der Waals surface area contributed by atoms with Gasteiger partial charge in [-0.2, -0.15) is 5.26 Å². The minimum Gasteiger partial charge on any atom is -0.395 e. The number of hydrogen-bond acceptors (Lipinski definition) is 5. The van der Waals surface area contributed by atoms with Crippen molar-refractivity contribution < 1.29 is 0 Å². The van der Waals surface area contributed by atoms with Crippen LogP contribution >= 0.6 is 11.3 Å². The fourth-order valence-electron chi connectivity index (χ4n) is 1.46. The van der Waals surface area contributed by atoms with E-state index in [4.69, 9.17) is 11.0 Å². The average Bonchev–Trinajstić information content (AvgIpc) is 2.74. The van der Waals surface area contributed by atoms with Crippen LogP contribution in [0.4, 0.5) is 11.5 Å². The Kier molecular flexibility index (Phi) is 3.26. The lowest BCUT2D eigenvalue weighted by molar-refractivity contribution is 1.13. The molecule has 0 aliphatic heterocycles. The lowest BCUT2D eigenvalue weighted by Crippen LogP contribution is -2.05. The van der Waals surface area contributed by atoms with Crippen LogP contribution in [0.15, 0.2) is 23.7 Å². The van der Waals surface area contributed by atoms with E-state index in [1.165, 1.54) is 10.4 Å². The summed E-state index contributed by atoms with van der Waals surface area (Å²) in [4.78, 5) is 5.38. The SMILES string of the molecule is Cc1ccsc1CNc1nccc(C#N)c1N. The van der Waals surface area contributed by atoms with Crippen molar-refractivity contribution >= 4 is 22.8 Å². The van der Waals surface area contributed by atoms with Gasteiger partial charge in [-0.1, -0.05) is 0 Å². The number of aryl methyl sites for hydroxylation is 1. The highest BCUT2D eigenvalue weighted by molar-refractivity contribution is 7.10. The van der Waals surface area contributed by atoms with E-state index in [0.717, 1.165) is 0 Å². The van der Waals surface area contributed by atoms with E-state index in [9.17, 15) is 0 Å². The minimum absolute atomic E-state index is 0.407. The molecule has 0 saturated heterocycles. The predicted octanol–water partition coefficient (Wildman–Crippen LogP) is 2.52. The quantitative estimate of drug-likeness (QED) is 0.870.